The first-order valence-electron chi connectivity index (χ1n) is 6.66. The fourth-order valence-electron chi connectivity index (χ4n) is 1.74. The number of aromatic nitrogens is 2. The Balaban J connectivity index is 2.22. The minimum atomic E-state index is 0.177. The standard InChI is InChI=1S/C14H18ClN3S2/c1-3-11(16)7-9-5-6-10(15)8-12(9)19-14-17-13(4-2)18-20-14/h5-6,8,11H,3-4,7,16H2,1-2H3. The molecule has 2 N–H and O–H groups in total. The summed E-state index contributed by atoms with van der Waals surface area (Å²) in [6.45, 7) is 4.16. The molecule has 1 aromatic heterocycles. The fraction of sp³-hybridized carbons (Fsp3) is 0.429. The van der Waals surface area contributed by atoms with Gasteiger partial charge in [-0.05, 0) is 42.1 Å². The fourth-order valence-corrected chi connectivity index (χ4v) is 3.81. The van der Waals surface area contributed by atoms with E-state index in [0.717, 1.165) is 39.3 Å². The number of nitrogens with two attached hydrogens (primary N) is 1. The van der Waals surface area contributed by atoms with Gasteiger partial charge in [-0.15, -0.1) is 0 Å². The number of hydrogen-bond acceptors (Lipinski definition) is 5. The SMILES string of the molecule is CCc1nsc(Sc2cc(Cl)ccc2CC(N)CC)n1. The van der Waals surface area contributed by atoms with Gasteiger partial charge in [0.15, 0.2) is 4.34 Å². The average Bonchev–Trinajstić information content (AvgIpc) is 2.89. The zero-order valence-corrected chi connectivity index (χ0v) is 14.0. The van der Waals surface area contributed by atoms with Crippen LogP contribution in [0.15, 0.2) is 27.4 Å². The molecule has 0 aliphatic rings. The maximum atomic E-state index is 6.11. The topological polar surface area (TPSA) is 51.8 Å². The van der Waals surface area contributed by atoms with E-state index < -0.39 is 0 Å². The quantitative estimate of drug-likeness (QED) is 0.864. The lowest BCUT2D eigenvalue weighted by Gasteiger charge is -2.12. The monoisotopic (exact) mass is 327 g/mol. The first-order chi connectivity index (χ1) is 9.62. The van der Waals surface area contributed by atoms with Crippen LogP contribution >= 0.6 is 34.9 Å². The van der Waals surface area contributed by atoms with E-state index in [0.29, 0.717) is 0 Å². The van der Waals surface area contributed by atoms with Gasteiger partial charge in [-0.3, -0.25) is 0 Å². The first-order valence-corrected chi connectivity index (χ1v) is 8.63. The summed E-state index contributed by atoms with van der Waals surface area (Å²) in [6.07, 6.45) is 2.68. The highest BCUT2D eigenvalue weighted by atomic mass is 35.5. The molecule has 1 unspecified atom stereocenters. The lowest BCUT2D eigenvalue weighted by atomic mass is 10.1. The van der Waals surface area contributed by atoms with Crippen LogP contribution in [-0.2, 0) is 12.8 Å². The molecular weight excluding hydrogens is 310 g/mol. The van der Waals surface area contributed by atoms with Crippen LogP contribution in [0.1, 0.15) is 31.7 Å². The number of nitrogens with zero attached hydrogens (tertiary/aromatic N) is 2. The van der Waals surface area contributed by atoms with Gasteiger partial charge < -0.3 is 5.73 Å². The second-order valence-corrected chi connectivity index (χ2v) is 7.03. The summed E-state index contributed by atoms with van der Waals surface area (Å²) in [5, 5.41) is 0.738. The summed E-state index contributed by atoms with van der Waals surface area (Å²) in [5.41, 5.74) is 7.29. The third-order valence-corrected chi connectivity index (χ3v) is 5.12. The molecule has 108 valence electrons. The zero-order chi connectivity index (χ0) is 14.5. The van der Waals surface area contributed by atoms with Gasteiger partial charge in [0.2, 0.25) is 0 Å². The maximum Gasteiger partial charge on any atom is 0.174 e. The van der Waals surface area contributed by atoms with Gasteiger partial charge in [-0.2, -0.15) is 4.37 Å². The van der Waals surface area contributed by atoms with Gasteiger partial charge in [0.05, 0.1) is 0 Å². The van der Waals surface area contributed by atoms with E-state index in [1.807, 2.05) is 12.1 Å². The molecule has 0 radical (unpaired) electrons. The molecular formula is C14H18ClN3S2. The van der Waals surface area contributed by atoms with Gasteiger partial charge in [0.25, 0.3) is 0 Å². The minimum Gasteiger partial charge on any atom is -0.327 e. The molecule has 3 nitrogen and oxygen atoms in total. The van der Waals surface area contributed by atoms with Crippen molar-refractivity contribution in [2.24, 2.45) is 5.73 Å². The number of benzene rings is 1. The predicted molar refractivity (Wildman–Crippen MR) is 86.8 cm³/mol. The molecule has 0 spiro atoms. The Labute approximate surface area is 133 Å². The lowest BCUT2D eigenvalue weighted by molar-refractivity contribution is 0.641. The number of halogens is 1. The molecule has 6 heteroatoms. The van der Waals surface area contributed by atoms with Gasteiger partial charge >= 0.3 is 0 Å². The first kappa shape index (κ1) is 15.8. The van der Waals surface area contributed by atoms with Crippen LogP contribution < -0.4 is 5.73 Å². The Morgan fingerprint density at radius 1 is 1.40 bits per heavy atom. The van der Waals surface area contributed by atoms with E-state index in [9.17, 15) is 0 Å². The van der Waals surface area contributed by atoms with E-state index in [-0.39, 0.29) is 6.04 Å². The molecule has 1 atom stereocenters. The highest BCUT2D eigenvalue weighted by Crippen LogP contribution is 2.34. The summed E-state index contributed by atoms with van der Waals surface area (Å²) >= 11 is 9.17. The van der Waals surface area contributed by atoms with E-state index >= 15 is 0 Å². The average molecular weight is 328 g/mol. The van der Waals surface area contributed by atoms with Gasteiger partial charge in [0, 0.05) is 22.4 Å². The molecule has 0 saturated carbocycles. The molecule has 0 fully saturated rings. The van der Waals surface area contributed by atoms with Crippen molar-refractivity contribution in [3.8, 4) is 0 Å². The normalized spacial score (nSPS) is 12.6. The van der Waals surface area contributed by atoms with Crippen LogP contribution in [0.5, 0.6) is 0 Å². The minimum absolute atomic E-state index is 0.177. The van der Waals surface area contributed by atoms with E-state index in [1.165, 1.54) is 17.1 Å². The second kappa shape index (κ2) is 7.41. The summed E-state index contributed by atoms with van der Waals surface area (Å²) in [4.78, 5) is 5.62. The zero-order valence-electron chi connectivity index (χ0n) is 11.6. The van der Waals surface area contributed by atoms with Crippen molar-refractivity contribution in [1.29, 1.82) is 0 Å². The third-order valence-electron chi connectivity index (χ3n) is 3.00. The van der Waals surface area contributed by atoms with E-state index in [4.69, 9.17) is 17.3 Å². The number of rotatable bonds is 6. The number of hydrogen-bond donors (Lipinski definition) is 1. The summed E-state index contributed by atoms with van der Waals surface area (Å²) in [6, 6.07) is 6.14. The van der Waals surface area contributed by atoms with Crippen LogP contribution in [-0.4, -0.2) is 15.4 Å². The Morgan fingerprint density at radius 3 is 2.85 bits per heavy atom. The Bertz CT molecular complexity index is 571. The molecule has 1 aromatic carbocycles. The summed E-state index contributed by atoms with van der Waals surface area (Å²) in [5.74, 6) is 0.895. The van der Waals surface area contributed by atoms with Crippen molar-refractivity contribution < 1.29 is 0 Å². The van der Waals surface area contributed by atoms with Crippen LogP contribution in [0.4, 0.5) is 0 Å². The third kappa shape index (κ3) is 4.19. The second-order valence-electron chi connectivity index (χ2n) is 4.56. The molecule has 2 aromatic rings. The highest BCUT2D eigenvalue weighted by Gasteiger charge is 2.11. The lowest BCUT2D eigenvalue weighted by Crippen LogP contribution is -2.21. The molecule has 0 bridgehead atoms. The van der Waals surface area contributed by atoms with Crippen LogP contribution in [0.3, 0.4) is 0 Å². The maximum absolute atomic E-state index is 6.11. The molecule has 0 aliphatic heterocycles. The van der Waals surface area contributed by atoms with E-state index in [1.54, 1.807) is 11.8 Å². The Morgan fingerprint density at radius 2 is 2.20 bits per heavy atom. The van der Waals surface area contributed by atoms with Crippen molar-refractivity contribution in [3.63, 3.8) is 0 Å². The molecule has 1 heterocycles. The van der Waals surface area contributed by atoms with Crippen LogP contribution in [0.2, 0.25) is 5.02 Å². The molecule has 0 aliphatic carbocycles. The van der Waals surface area contributed by atoms with Gasteiger partial charge in [-0.1, -0.05) is 43.3 Å². The van der Waals surface area contributed by atoms with Gasteiger partial charge in [0.1, 0.15) is 5.82 Å². The van der Waals surface area contributed by atoms with Crippen molar-refractivity contribution >= 4 is 34.9 Å². The Hall–Kier alpha value is -0.620. The van der Waals surface area contributed by atoms with Crippen LogP contribution in [0, 0.1) is 0 Å². The summed E-state index contributed by atoms with van der Waals surface area (Å²) in [7, 11) is 0. The number of aryl methyl sites for hydroxylation is 1. The Kier molecular flexibility index (Phi) is 5.84. The molecule has 20 heavy (non-hydrogen) atoms. The summed E-state index contributed by atoms with van der Waals surface area (Å²) < 4.78 is 5.27. The van der Waals surface area contributed by atoms with E-state index in [2.05, 4.69) is 29.3 Å². The molecule has 0 amide bonds. The van der Waals surface area contributed by atoms with Gasteiger partial charge in [-0.25, -0.2) is 4.98 Å². The van der Waals surface area contributed by atoms with Crippen LogP contribution in [0.25, 0.3) is 0 Å². The van der Waals surface area contributed by atoms with Crippen molar-refractivity contribution in [1.82, 2.24) is 9.36 Å². The largest absolute Gasteiger partial charge is 0.327 e. The smallest absolute Gasteiger partial charge is 0.174 e. The van der Waals surface area contributed by atoms with Crippen molar-refractivity contribution in [3.05, 3.63) is 34.6 Å². The highest BCUT2D eigenvalue weighted by molar-refractivity contribution is 8.01. The van der Waals surface area contributed by atoms with Crippen molar-refractivity contribution in [2.75, 3.05) is 0 Å². The van der Waals surface area contributed by atoms with Crippen molar-refractivity contribution in [2.45, 2.75) is 48.4 Å². The molecule has 0 saturated heterocycles. The predicted octanol–water partition coefficient (Wildman–Crippen LogP) is 4.18. The molecule has 2 rings (SSSR count).